The molecule has 2 aromatic rings. The van der Waals surface area contributed by atoms with Crippen LogP contribution in [0.2, 0.25) is 0 Å². The van der Waals surface area contributed by atoms with Gasteiger partial charge in [-0.3, -0.25) is 4.79 Å². The predicted octanol–water partition coefficient (Wildman–Crippen LogP) is 2.22. The van der Waals surface area contributed by atoms with Crippen molar-refractivity contribution in [2.45, 2.75) is 44.6 Å². The predicted molar refractivity (Wildman–Crippen MR) is 91.5 cm³/mol. The highest BCUT2D eigenvalue weighted by molar-refractivity contribution is 5.95. The van der Waals surface area contributed by atoms with E-state index in [9.17, 15) is 9.59 Å². The van der Waals surface area contributed by atoms with Crippen LogP contribution < -0.4 is 5.32 Å². The van der Waals surface area contributed by atoms with Gasteiger partial charge in [-0.2, -0.15) is 0 Å². The minimum atomic E-state index is -1.11. The van der Waals surface area contributed by atoms with Gasteiger partial charge in [-0.1, -0.05) is 25.1 Å². The number of methoxy groups -OCH3 is 1. The lowest BCUT2D eigenvalue weighted by atomic mass is 9.99. The van der Waals surface area contributed by atoms with Crippen LogP contribution >= 0.6 is 0 Å². The zero-order valence-electron chi connectivity index (χ0n) is 14.7. The van der Waals surface area contributed by atoms with E-state index in [0.29, 0.717) is 12.3 Å². The van der Waals surface area contributed by atoms with E-state index in [1.54, 1.807) is 11.6 Å². The van der Waals surface area contributed by atoms with E-state index in [1.807, 2.05) is 37.3 Å². The third-order valence-corrected chi connectivity index (χ3v) is 4.51. The standard InChI is InChI=1S/C18H22N4O3/c1-4-18(2,17(24)25-3)20-16(23)14-19-15(12-10-11-12)22(21-14)13-8-6-5-7-9-13/h5-9,12H,4,10-11H2,1-3H3,(H,20,23)/t18-/m1/s1. The SMILES string of the molecule is CC[C@@](C)(NC(=O)c1nc(C2CC2)n(-c2ccccc2)n1)C(=O)OC. The van der Waals surface area contributed by atoms with Gasteiger partial charge < -0.3 is 10.1 Å². The van der Waals surface area contributed by atoms with Crippen LogP contribution in [0.3, 0.4) is 0 Å². The van der Waals surface area contributed by atoms with E-state index < -0.39 is 17.4 Å². The van der Waals surface area contributed by atoms with Crippen molar-refractivity contribution in [1.82, 2.24) is 20.1 Å². The first-order valence-electron chi connectivity index (χ1n) is 8.42. The van der Waals surface area contributed by atoms with E-state index in [4.69, 9.17) is 4.74 Å². The number of benzene rings is 1. The van der Waals surface area contributed by atoms with Crippen molar-refractivity contribution in [3.63, 3.8) is 0 Å². The number of carbonyl (C=O) groups is 2. The zero-order valence-corrected chi connectivity index (χ0v) is 14.7. The van der Waals surface area contributed by atoms with Crippen molar-refractivity contribution in [3.8, 4) is 5.69 Å². The molecule has 1 aromatic heterocycles. The maximum absolute atomic E-state index is 12.6. The number of carbonyl (C=O) groups excluding carboxylic acids is 2. The molecule has 1 atom stereocenters. The summed E-state index contributed by atoms with van der Waals surface area (Å²) >= 11 is 0. The molecule has 1 aromatic carbocycles. The molecule has 132 valence electrons. The molecule has 1 aliphatic rings. The van der Waals surface area contributed by atoms with Crippen molar-refractivity contribution < 1.29 is 14.3 Å². The number of ether oxygens (including phenoxy) is 1. The van der Waals surface area contributed by atoms with Gasteiger partial charge in [-0.25, -0.2) is 14.5 Å². The van der Waals surface area contributed by atoms with Crippen LogP contribution in [0.4, 0.5) is 0 Å². The van der Waals surface area contributed by atoms with E-state index in [1.165, 1.54) is 7.11 Å². The van der Waals surface area contributed by atoms with Gasteiger partial charge in [-0.15, -0.1) is 5.10 Å². The topological polar surface area (TPSA) is 86.1 Å². The number of nitrogens with one attached hydrogen (secondary N) is 1. The summed E-state index contributed by atoms with van der Waals surface area (Å²) in [4.78, 5) is 29.0. The second kappa shape index (κ2) is 6.66. The van der Waals surface area contributed by atoms with Gasteiger partial charge in [0.05, 0.1) is 12.8 Å². The van der Waals surface area contributed by atoms with Gasteiger partial charge in [0.25, 0.3) is 5.91 Å². The molecule has 0 spiro atoms. The van der Waals surface area contributed by atoms with Crippen molar-refractivity contribution in [2.24, 2.45) is 0 Å². The summed E-state index contributed by atoms with van der Waals surface area (Å²) < 4.78 is 6.51. The molecule has 7 nitrogen and oxygen atoms in total. The Bertz CT molecular complexity index is 783. The molecule has 0 radical (unpaired) electrons. The van der Waals surface area contributed by atoms with Crippen molar-refractivity contribution >= 4 is 11.9 Å². The highest BCUT2D eigenvalue weighted by Gasteiger charge is 2.37. The first-order chi connectivity index (χ1) is 12.0. The lowest BCUT2D eigenvalue weighted by molar-refractivity contribution is -0.147. The van der Waals surface area contributed by atoms with Crippen LogP contribution in [-0.2, 0) is 9.53 Å². The molecule has 3 rings (SSSR count). The normalized spacial score (nSPS) is 16.1. The molecule has 0 bridgehead atoms. The quantitative estimate of drug-likeness (QED) is 0.814. The van der Waals surface area contributed by atoms with Crippen LogP contribution in [-0.4, -0.2) is 39.3 Å². The summed E-state index contributed by atoms with van der Waals surface area (Å²) in [5.41, 5.74) is -0.244. The highest BCUT2D eigenvalue weighted by Crippen LogP contribution is 2.39. The number of aromatic nitrogens is 3. The van der Waals surface area contributed by atoms with Crippen molar-refractivity contribution in [2.75, 3.05) is 7.11 Å². The van der Waals surface area contributed by atoms with Gasteiger partial charge in [-0.05, 0) is 38.3 Å². The smallest absolute Gasteiger partial charge is 0.331 e. The molecular weight excluding hydrogens is 320 g/mol. The molecule has 1 N–H and O–H groups in total. The van der Waals surface area contributed by atoms with Crippen LogP contribution in [0.15, 0.2) is 30.3 Å². The maximum atomic E-state index is 12.6. The Morgan fingerprint density at radius 2 is 2.00 bits per heavy atom. The third kappa shape index (κ3) is 3.40. The molecule has 1 heterocycles. The van der Waals surface area contributed by atoms with E-state index >= 15 is 0 Å². The number of rotatable bonds is 6. The summed E-state index contributed by atoms with van der Waals surface area (Å²) in [6.45, 7) is 3.44. The number of hydrogen-bond acceptors (Lipinski definition) is 5. The van der Waals surface area contributed by atoms with Crippen LogP contribution in [0.5, 0.6) is 0 Å². The number of esters is 1. The fourth-order valence-corrected chi connectivity index (χ4v) is 2.60. The Balaban J connectivity index is 1.90. The minimum absolute atomic E-state index is 0.0642. The van der Waals surface area contributed by atoms with Crippen molar-refractivity contribution in [3.05, 3.63) is 42.0 Å². The summed E-state index contributed by atoms with van der Waals surface area (Å²) in [5, 5.41) is 7.10. The summed E-state index contributed by atoms with van der Waals surface area (Å²) in [7, 11) is 1.30. The Kier molecular flexibility index (Phi) is 4.57. The van der Waals surface area contributed by atoms with Gasteiger partial charge in [0, 0.05) is 5.92 Å². The maximum Gasteiger partial charge on any atom is 0.331 e. The first-order valence-corrected chi connectivity index (χ1v) is 8.42. The second-order valence-electron chi connectivity index (χ2n) is 6.45. The number of hydrogen-bond donors (Lipinski definition) is 1. The fraction of sp³-hybridized carbons (Fsp3) is 0.444. The summed E-state index contributed by atoms with van der Waals surface area (Å²) in [6.07, 6.45) is 2.49. The Morgan fingerprint density at radius 3 is 2.56 bits per heavy atom. The Morgan fingerprint density at radius 1 is 1.32 bits per heavy atom. The lowest BCUT2D eigenvalue weighted by Gasteiger charge is -2.25. The zero-order chi connectivity index (χ0) is 18.0. The van der Waals surface area contributed by atoms with Crippen LogP contribution in [0.25, 0.3) is 5.69 Å². The average molecular weight is 342 g/mol. The second-order valence-corrected chi connectivity index (χ2v) is 6.45. The molecule has 0 saturated heterocycles. The molecule has 25 heavy (non-hydrogen) atoms. The Hall–Kier alpha value is -2.70. The Labute approximate surface area is 146 Å². The largest absolute Gasteiger partial charge is 0.467 e. The number of amides is 1. The van der Waals surface area contributed by atoms with Crippen LogP contribution in [0, 0.1) is 0 Å². The van der Waals surface area contributed by atoms with E-state index in [0.717, 1.165) is 24.4 Å². The van der Waals surface area contributed by atoms with Gasteiger partial charge in [0.1, 0.15) is 11.4 Å². The molecular formula is C18H22N4O3. The van der Waals surface area contributed by atoms with Gasteiger partial charge >= 0.3 is 5.97 Å². The monoisotopic (exact) mass is 342 g/mol. The molecule has 0 unspecified atom stereocenters. The fourth-order valence-electron chi connectivity index (χ4n) is 2.60. The molecule has 1 amide bonds. The van der Waals surface area contributed by atoms with E-state index in [2.05, 4.69) is 15.4 Å². The van der Waals surface area contributed by atoms with E-state index in [-0.39, 0.29) is 5.82 Å². The highest BCUT2D eigenvalue weighted by atomic mass is 16.5. The molecule has 7 heteroatoms. The first kappa shape index (κ1) is 17.1. The minimum Gasteiger partial charge on any atom is -0.467 e. The summed E-state index contributed by atoms with van der Waals surface area (Å²) in [6, 6.07) is 9.60. The molecule has 1 saturated carbocycles. The summed E-state index contributed by atoms with van der Waals surface area (Å²) in [5.74, 6) is 0.203. The average Bonchev–Trinajstić information content (AvgIpc) is 3.39. The lowest BCUT2D eigenvalue weighted by Crippen LogP contribution is -2.52. The van der Waals surface area contributed by atoms with Gasteiger partial charge in [0.15, 0.2) is 0 Å². The molecule has 1 fully saturated rings. The van der Waals surface area contributed by atoms with Gasteiger partial charge in [0.2, 0.25) is 5.82 Å². The number of nitrogens with zero attached hydrogens (tertiary/aromatic N) is 3. The molecule has 0 aliphatic heterocycles. The third-order valence-electron chi connectivity index (χ3n) is 4.51. The molecule has 1 aliphatic carbocycles. The van der Waals surface area contributed by atoms with Crippen LogP contribution in [0.1, 0.15) is 55.5 Å². The number of para-hydroxylation sites is 1. The van der Waals surface area contributed by atoms with Crippen molar-refractivity contribution in [1.29, 1.82) is 0 Å².